The van der Waals surface area contributed by atoms with Crippen molar-refractivity contribution in [2.24, 2.45) is 0 Å². The van der Waals surface area contributed by atoms with E-state index in [1.165, 1.54) is 0 Å². The summed E-state index contributed by atoms with van der Waals surface area (Å²) < 4.78 is 10.3. The number of rotatable bonds is 1. The molecular weight excluding hydrogens is 180 g/mol. The van der Waals surface area contributed by atoms with Crippen LogP contribution in [0.2, 0.25) is 0 Å². The van der Waals surface area contributed by atoms with E-state index in [1.54, 1.807) is 12.1 Å². The second-order valence-electron chi connectivity index (χ2n) is 2.69. The van der Waals surface area contributed by atoms with Crippen LogP contribution in [0.1, 0.15) is 29.8 Å². The molecule has 0 aromatic heterocycles. The summed E-state index contributed by atoms with van der Waals surface area (Å²) >= 11 is 0. The molecule has 3 heteroatoms. The molecule has 14 heavy (non-hydrogen) atoms. The van der Waals surface area contributed by atoms with Gasteiger partial charge < -0.3 is 9.47 Å². The first kappa shape index (κ1) is 10.6. The summed E-state index contributed by atoms with van der Waals surface area (Å²) in [5.74, 6) is 1.41. The van der Waals surface area contributed by atoms with Crippen LogP contribution >= 0.6 is 0 Å². The van der Waals surface area contributed by atoms with Crippen molar-refractivity contribution < 1.29 is 14.3 Å². The Balaban J connectivity index is 0.000000461. The van der Waals surface area contributed by atoms with Gasteiger partial charge in [0.25, 0.3) is 0 Å². The molecule has 0 aliphatic carbocycles. The van der Waals surface area contributed by atoms with Crippen LogP contribution in [0.15, 0.2) is 12.1 Å². The third kappa shape index (κ3) is 1.87. The molecule has 0 amide bonds. The van der Waals surface area contributed by atoms with Gasteiger partial charge in [0, 0.05) is 5.56 Å². The number of aryl methyl sites for hydroxylation is 1. The average Bonchev–Trinajstić information content (AvgIpc) is 2.69. The Kier molecular flexibility index (Phi) is 3.51. The van der Waals surface area contributed by atoms with Crippen molar-refractivity contribution in [3.05, 3.63) is 23.3 Å². The van der Waals surface area contributed by atoms with Crippen LogP contribution in [0.25, 0.3) is 0 Å². The lowest BCUT2D eigenvalue weighted by Crippen LogP contribution is -1.93. The Morgan fingerprint density at radius 1 is 1.29 bits per heavy atom. The molecule has 0 N–H and O–H groups in total. The van der Waals surface area contributed by atoms with E-state index in [2.05, 4.69) is 0 Å². The van der Waals surface area contributed by atoms with E-state index >= 15 is 0 Å². The predicted molar refractivity (Wildman–Crippen MR) is 54.0 cm³/mol. The van der Waals surface area contributed by atoms with E-state index in [0.717, 1.165) is 17.6 Å². The lowest BCUT2D eigenvalue weighted by Gasteiger charge is -2.00. The van der Waals surface area contributed by atoms with Crippen molar-refractivity contribution in [2.45, 2.75) is 20.8 Å². The highest BCUT2D eigenvalue weighted by molar-refractivity contribution is 5.77. The van der Waals surface area contributed by atoms with Gasteiger partial charge in [0.2, 0.25) is 6.79 Å². The molecule has 3 nitrogen and oxygen atoms in total. The van der Waals surface area contributed by atoms with Gasteiger partial charge in [-0.3, -0.25) is 4.79 Å². The molecule has 1 heterocycles. The average molecular weight is 194 g/mol. The lowest BCUT2D eigenvalue weighted by atomic mass is 10.1. The van der Waals surface area contributed by atoms with Gasteiger partial charge in [-0.15, -0.1) is 0 Å². The maximum absolute atomic E-state index is 10.5. The fraction of sp³-hybridized carbons (Fsp3) is 0.364. The lowest BCUT2D eigenvalue weighted by molar-refractivity contribution is 0.112. The van der Waals surface area contributed by atoms with Crippen molar-refractivity contribution in [3.8, 4) is 11.5 Å². The van der Waals surface area contributed by atoms with E-state index in [-0.39, 0.29) is 6.79 Å². The molecule has 0 atom stereocenters. The fourth-order valence-electron chi connectivity index (χ4n) is 1.28. The summed E-state index contributed by atoms with van der Waals surface area (Å²) in [6.45, 7) is 6.14. The second-order valence-corrected chi connectivity index (χ2v) is 2.69. The fourth-order valence-corrected chi connectivity index (χ4v) is 1.28. The normalized spacial score (nSPS) is 11.6. The van der Waals surface area contributed by atoms with E-state index < -0.39 is 0 Å². The summed E-state index contributed by atoms with van der Waals surface area (Å²) in [6.07, 6.45) is 0.801. The molecule has 0 spiro atoms. The van der Waals surface area contributed by atoms with Gasteiger partial charge in [0.05, 0.1) is 0 Å². The highest BCUT2D eigenvalue weighted by Gasteiger charge is 2.16. The summed E-state index contributed by atoms with van der Waals surface area (Å²) in [6, 6.07) is 3.46. The molecule has 0 bridgehead atoms. The molecule has 1 aliphatic heterocycles. The Bertz CT molecular complexity index is 332. The zero-order valence-electron chi connectivity index (χ0n) is 8.66. The highest BCUT2D eigenvalue weighted by Crippen LogP contribution is 2.35. The van der Waals surface area contributed by atoms with Crippen molar-refractivity contribution >= 4 is 6.29 Å². The smallest absolute Gasteiger partial charge is 0.231 e. The van der Waals surface area contributed by atoms with Gasteiger partial charge in [0.15, 0.2) is 11.5 Å². The maximum atomic E-state index is 10.5. The highest BCUT2D eigenvalue weighted by atomic mass is 16.7. The van der Waals surface area contributed by atoms with E-state index in [9.17, 15) is 4.79 Å². The second kappa shape index (κ2) is 4.65. The minimum atomic E-state index is 0.248. The van der Waals surface area contributed by atoms with Crippen molar-refractivity contribution in [3.63, 3.8) is 0 Å². The molecule has 0 unspecified atom stereocenters. The quantitative estimate of drug-likeness (QED) is 0.644. The minimum Gasteiger partial charge on any atom is -0.454 e. The Labute approximate surface area is 83.6 Å². The number of fused-ring (bicyclic) bond motifs is 1. The first-order valence-electron chi connectivity index (χ1n) is 4.66. The number of carbonyl (C=O) groups excluding carboxylic acids is 1. The largest absolute Gasteiger partial charge is 0.454 e. The van der Waals surface area contributed by atoms with Gasteiger partial charge >= 0.3 is 0 Å². The van der Waals surface area contributed by atoms with Crippen molar-refractivity contribution in [1.82, 2.24) is 0 Å². The Hall–Kier alpha value is -1.51. The van der Waals surface area contributed by atoms with E-state index in [1.807, 2.05) is 20.8 Å². The summed E-state index contributed by atoms with van der Waals surface area (Å²) in [5, 5.41) is 0. The molecule has 1 aromatic carbocycles. The number of ether oxygens (including phenoxy) is 2. The zero-order valence-corrected chi connectivity index (χ0v) is 8.66. The van der Waals surface area contributed by atoms with Gasteiger partial charge in [-0.1, -0.05) is 13.8 Å². The third-order valence-electron chi connectivity index (χ3n) is 1.82. The first-order valence-corrected chi connectivity index (χ1v) is 4.66. The monoisotopic (exact) mass is 194 g/mol. The van der Waals surface area contributed by atoms with E-state index in [4.69, 9.17) is 9.47 Å². The SMILES string of the molecule is CC.Cc1cc(C=O)cc2c1OCO2. The Morgan fingerprint density at radius 2 is 2.00 bits per heavy atom. The van der Waals surface area contributed by atoms with E-state index in [0.29, 0.717) is 11.3 Å². The Morgan fingerprint density at radius 3 is 2.64 bits per heavy atom. The molecular formula is C11H14O3. The van der Waals surface area contributed by atoms with Crippen LogP contribution in [0.3, 0.4) is 0 Å². The predicted octanol–water partition coefficient (Wildman–Crippen LogP) is 2.56. The molecule has 2 rings (SSSR count). The maximum Gasteiger partial charge on any atom is 0.231 e. The van der Waals surface area contributed by atoms with Crippen molar-refractivity contribution in [1.29, 1.82) is 0 Å². The van der Waals surface area contributed by atoms with Gasteiger partial charge in [-0.25, -0.2) is 0 Å². The number of aldehydes is 1. The van der Waals surface area contributed by atoms with Crippen LogP contribution in [-0.4, -0.2) is 13.1 Å². The minimum absolute atomic E-state index is 0.248. The molecule has 0 saturated heterocycles. The van der Waals surface area contributed by atoms with Crippen LogP contribution in [-0.2, 0) is 0 Å². The summed E-state index contributed by atoms with van der Waals surface area (Å²) in [4.78, 5) is 10.5. The molecule has 0 saturated carbocycles. The van der Waals surface area contributed by atoms with Gasteiger partial charge in [0.1, 0.15) is 6.29 Å². The number of benzene rings is 1. The first-order chi connectivity index (χ1) is 6.81. The van der Waals surface area contributed by atoms with Crippen LogP contribution in [0.4, 0.5) is 0 Å². The van der Waals surface area contributed by atoms with Gasteiger partial charge in [-0.2, -0.15) is 0 Å². The molecule has 1 aromatic rings. The number of hydrogen-bond donors (Lipinski definition) is 0. The molecule has 0 fully saturated rings. The molecule has 1 aliphatic rings. The standard InChI is InChI=1S/C9H8O3.C2H6/c1-6-2-7(4-10)3-8-9(6)12-5-11-8;1-2/h2-4H,5H2,1H3;1-2H3. The summed E-state index contributed by atoms with van der Waals surface area (Å²) in [7, 11) is 0. The van der Waals surface area contributed by atoms with Crippen LogP contribution < -0.4 is 9.47 Å². The van der Waals surface area contributed by atoms with Crippen molar-refractivity contribution in [2.75, 3.05) is 6.79 Å². The summed E-state index contributed by atoms with van der Waals surface area (Å²) in [5.41, 5.74) is 1.56. The number of hydrogen-bond acceptors (Lipinski definition) is 3. The molecule has 76 valence electrons. The zero-order chi connectivity index (χ0) is 10.6. The van der Waals surface area contributed by atoms with Crippen LogP contribution in [0.5, 0.6) is 11.5 Å². The number of carbonyl (C=O) groups is 1. The van der Waals surface area contributed by atoms with Gasteiger partial charge in [-0.05, 0) is 24.6 Å². The van der Waals surface area contributed by atoms with Crippen LogP contribution in [0, 0.1) is 6.92 Å². The molecule has 0 radical (unpaired) electrons. The topological polar surface area (TPSA) is 35.5 Å². The third-order valence-corrected chi connectivity index (χ3v) is 1.82.